The lowest BCUT2D eigenvalue weighted by Crippen LogP contribution is -2.52. The lowest BCUT2D eigenvalue weighted by molar-refractivity contribution is 0.285. The zero-order chi connectivity index (χ0) is 11.9. The number of nitrogens with two attached hydrogens (primary N) is 1. The molecule has 92 valence electrons. The highest BCUT2D eigenvalue weighted by Gasteiger charge is 2.29. The van der Waals surface area contributed by atoms with E-state index >= 15 is 0 Å². The summed E-state index contributed by atoms with van der Waals surface area (Å²) in [4.78, 5) is 2.39. The van der Waals surface area contributed by atoms with Gasteiger partial charge in [0.25, 0.3) is 0 Å². The minimum Gasteiger partial charge on any atom is -0.329 e. The van der Waals surface area contributed by atoms with Crippen molar-refractivity contribution in [2.24, 2.45) is 5.73 Å². The molecular weight excluding hydrogens is 198 g/mol. The molecule has 0 aliphatic carbocycles. The van der Waals surface area contributed by atoms with Gasteiger partial charge in [-0.25, -0.2) is 0 Å². The molecule has 0 saturated carbocycles. The zero-order valence-electron chi connectivity index (χ0n) is 10.7. The molecule has 1 heterocycles. The van der Waals surface area contributed by atoms with Crippen LogP contribution >= 0.6 is 0 Å². The molecule has 1 atom stereocenters. The lowest BCUT2D eigenvalue weighted by Gasteiger charge is -2.32. The smallest absolute Gasteiger partial charge is 0.0317 e. The fourth-order valence-electron chi connectivity index (χ4n) is 2.30. The Labute approximate surface area is 99.8 Å². The predicted molar refractivity (Wildman–Crippen MR) is 69.2 cm³/mol. The van der Waals surface area contributed by atoms with Crippen molar-refractivity contribution in [3.05, 3.63) is 0 Å². The Hall–Kier alpha value is -0.560. The molecule has 0 aromatic rings. The summed E-state index contributed by atoms with van der Waals surface area (Å²) in [5.41, 5.74) is 6.10. The topological polar surface area (TPSA) is 41.3 Å². The third-order valence-corrected chi connectivity index (χ3v) is 3.48. The highest BCUT2D eigenvalue weighted by atomic mass is 15.1. The SMILES string of the molecule is CC#CCCNC1(CN)CCCN(C)CC1. The van der Waals surface area contributed by atoms with E-state index in [4.69, 9.17) is 5.73 Å². The van der Waals surface area contributed by atoms with Crippen LogP contribution in [0.2, 0.25) is 0 Å². The van der Waals surface area contributed by atoms with Crippen molar-refractivity contribution in [2.45, 2.75) is 38.1 Å². The van der Waals surface area contributed by atoms with Crippen molar-refractivity contribution in [1.29, 1.82) is 0 Å². The van der Waals surface area contributed by atoms with Crippen LogP contribution in [0.4, 0.5) is 0 Å². The van der Waals surface area contributed by atoms with Crippen molar-refractivity contribution in [3.8, 4) is 11.8 Å². The summed E-state index contributed by atoms with van der Waals surface area (Å²) in [5.74, 6) is 6.02. The Balaban J connectivity index is 2.43. The summed E-state index contributed by atoms with van der Waals surface area (Å²) in [6, 6.07) is 0. The first-order valence-corrected chi connectivity index (χ1v) is 6.26. The molecule has 3 N–H and O–H groups in total. The summed E-state index contributed by atoms with van der Waals surface area (Å²) in [7, 11) is 2.19. The van der Waals surface area contributed by atoms with Crippen molar-refractivity contribution in [2.75, 3.05) is 33.2 Å². The van der Waals surface area contributed by atoms with Crippen molar-refractivity contribution in [3.63, 3.8) is 0 Å². The van der Waals surface area contributed by atoms with Gasteiger partial charge in [0.1, 0.15) is 0 Å². The van der Waals surface area contributed by atoms with Gasteiger partial charge in [-0.1, -0.05) is 0 Å². The Morgan fingerprint density at radius 3 is 2.88 bits per heavy atom. The average molecular weight is 223 g/mol. The normalized spacial score (nSPS) is 26.9. The largest absolute Gasteiger partial charge is 0.329 e. The molecule has 3 nitrogen and oxygen atoms in total. The molecule has 1 saturated heterocycles. The van der Waals surface area contributed by atoms with Crippen LogP contribution in [0, 0.1) is 11.8 Å². The first-order valence-electron chi connectivity index (χ1n) is 6.26. The molecule has 0 aromatic heterocycles. The molecule has 0 spiro atoms. The number of rotatable bonds is 4. The van der Waals surface area contributed by atoms with E-state index in [1.54, 1.807) is 0 Å². The summed E-state index contributed by atoms with van der Waals surface area (Å²) in [5, 5.41) is 3.63. The molecule has 0 radical (unpaired) electrons. The van der Waals surface area contributed by atoms with E-state index in [-0.39, 0.29) is 5.54 Å². The van der Waals surface area contributed by atoms with Crippen LogP contribution in [0.25, 0.3) is 0 Å². The molecule has 0 aromatic carbocycles. The van der Waals surface area contributed by atoms with E-state index in [0.717, 1.165) is 32.5 Å². The molecule has 1 rings (SSSR count). The van der Waals surface area contributed by atoms with E-state index in [1.807, 2.05) is 6.92 Å². The van der Waals surface area contributed by atoms with Crippen LogP contribution in [0.5, 0.6) is 0 Å². The molecule has 0 bridgehead atoms. The Bertz CT molecular complexity index is 254. The molecule has 3 heteroatoms. The van der Waals surface area contributed by atoms with Crippen molar-refractivity contribution >= 4 is 0 Å². The Morgan fingerprint density at radius 2 is 2.19 bits per heavy atom. The molecule has 1 fully saturated rings. The maximum absolute atomic E-state index is 5.95. The maximum Gasteiger partial charge on any atom is 0.0317 e. The summed E-state index contributed by atoms with van der Waals surface area (Å²) in [6.45, 7) is 5.92. The molecule has 0 amide bonds. The number of hydrogen-bond acceptors (Lipinski definition) is 3. The summed E-state index contributed by atoms with van der Waals surface area (Å²) >= 11 is 0. The highest BCUT2D eigenvalue weighted by Crippen LogP contribution is 2.20. The highest BCUT2D eigenvalue weighted by molar-refractivity contribution is 4.97. The van der Waals surface area contributed by atoms with E-state index in [2.05, 4.69) is 29.1 Å². The van der Waals surface area contributed by atoms with E-state index < -0.39 is 0 Å². The number of nitrogens with zero attached hydrogens (tertiary/aromatic N) is 1. The van der Waals surface area contributed by atoms with E-state index in [0.29, 0.717) is 0 Å². The third kappa shape index (κ3) is 4.13. The predicted octanol–water partition coefficient (Wildman–Crippen LogP) is 0.803. The summed E-state index contributed by atoms with van der Waals surface area (Å²) in [6.07, 6.45) is 4.50. The third-order valence-electron chi connectivity index (χ3n) is 3.48. The summed E-state index contributed by atoms with van der Waals surface area (Å²) < 4.78 is 0. The Morgan fingerprint density at radius 1 is 1.38 bits per heavy atom. The monoisotopic (exact) mass is 223 g/mol. The standard InChI is InChI=1S/C13H25N3/c1-3-4-5-9-15-13(12-14)7-6-10-16(2)11-8-13/h15H,5-12,14H2,1-2H3. The average Bonchev–Trinajstić information content (AvgIpc) is 2.48. The van der Waals surface area contributed by atoms with Crippen molar-refractivity contribution < 1.29 is 0 Å². The number of likely N-dealkylation sites (tertiary alicyclic amines) is 1. The van der Waals surface area contributed by atoms with Crippen molar-refractivity contribution in [1.82, 2.24) is 10.2 Å². The van der Waals surface area contributed by atoms with Gasteiger partial charge in [-0.2, -0.15) is 0 Å². The van der Waals surface area contributed by atoms with Gasteiger partial charge in [-0.3, -0.25) is 0 Å². The van der Waals surface area contributed by atoms with Crippen LogP contribution < -0.4 is 11.1 Å². The zero-order valence-corrected chi connectivity index (χ0v) is 10.7. The van der Waals surface area contributed by atoms with Crippen LogP contribution in [-0.4, -0.2) is 43.7 Å². The second-order valence-electron chi connectivity index (χ2n) is 4.74. The first-order chi connectivity index (χ1) is 7.72. The quantitative estimate of drug-likeness (QED) is 0.547. The van der Waals surface area contributed by atoms with E-state index in [1.165, 1.54) is 19.4 Å². The van der Waals surface area contributed by atoms with Gasteiger partial charge in [-0.05, 0) is 46.3 Å². The fraction of sp³-hybridized carbons (Fsp3) is 0.846. The minimum absolute atomic E-state index is 0.153. The fourth-order valence-corrected chi connectivity index (χ4v) is 2.30. The minimum atomic E-state index is 0.153. The van der Waals surface area contributed by atoms with Gasteiger partial charge >= 0.3 is 0 Å². The second-order valence-corrected chi connectivity index (χ2v) is 4.74. The number of nitrogens with one attached hydrogen (secondary N) is 1. The maximum atomic E-state index is 5.95. The van der Waals surface area contributed by atoms with Gasteiger partial charge in [0.2, 0.25) is 0 Å². The molecule has 16 heavy (non-hydrogen) atoms. The number of hydrogen-bond donors (Lipinski definition) is 2. The second kappa shape index (κ2) is 6.90. The van der Waals surface area contributed by atoms with Gasteiger partial charge in [-0.15, -0.1) is 11.8 Å². The molecule has 1 aliphatic rings. The molecular formula is C13H25N3. The molecule has 1 unspecified atom stereocenters. The van der Waals surface area contributed by atoms with Gasteiger partial charge in [0.15, 0.2) is 0 Å². The first kappa shape index (κ1) is 13.5. The van der Waals surface area contributed by atoms with Crippen LogP contribution in [0.1, 0.15) is 32.6 Å². The van der Waals surface area contributed by atoms with Gasteiger partial charge in [0, 0.05) is 25.0 Å². The van der Waals surface area contributed by atoms with E-state index in [9.17, 15) is 0 Å². The van der Waals surface area contributed by atoms with Gasteiger partial charge < -0.3 is 16.0 Å². The lowest BCUT2D eigenvalue weighted by atomic mass is 9.90. The molecule has 1 aliphatic heterocycles. The van der Waals surface area contributed by atoms with Crippen LogP contribution in [-0.2, 0) is 0 Å². The van der Waals surface area contributed by atoms with Crippen LogP contribution in [0.15, 0.2) is 0 Å². The van der Waals surface area contributed by atoms with Gasteiger partial charge in [0.05, 0.1) is 0 Å². The Kier molecular flexibility index (Phi) is 5.83. The van der Waals surface area contributed by atoms with Crippen LogP contribution in [0.3, 0.4) is 0 Å².